The maximum absolute atomic E-state index is 12.3. The molecule has 2 aromatic heterocycles. The van der Waals surface area contributed by atoms with Gasteiger partial charge in [0.2, 0.25) is 5.16 Å². The van der Waals surface area contributed by atoms with Crippen LogP contribution in [0.1, 0.15) is 17.3 Å². The summed E-state index contributed by atoms with van der Waals surface area (Å²) in [6.07, 6.45) is 3.44. The van der Waals surface area contributed by atoms with E-state index in [1.807, 2.05) is 37.3 Å². The molecule has 0 aliphatic rings. The molecule has 0 unspecified atom stereocenters. The van der Waals surface area contributed by atoms with E-state index in [-0.39, 0.29) is 11.0 Å². The van der Waals surface area contributed by atoms with Crippen molar-refractivity contribution in [1.82, 2.24) is 19.6 Å². The van der Waals surface area contributed by atoms with Crippen LogP contribution in [0, 0.1) is 0 Å². The summed E-state index contributed by atoms with van der Waals surface area (Å²) in [6, 6.07) is 11.0. The Bertz CT molecular complexity index is 708. The summed E-state index contributed by atoms with van der Waals surface area (Å²) < 4.78 is 1.60. The van der Waals surface area contributed by atoms with Crippen molar-refractivity contribution in [3.63, 3.8) is 0 Å². The van der Waals surface area contributed by atoms with Gasteiger partial charge in [0.25, 0.3) is 5.78 Å². The van der Waals surface area contributed by atoms with Gasteiger partial charge < -0.3 is 0 Å². The van der Waals surface area contributed by atoms with Crippen molar-refractivity contribution in [3.8, 4) is 0 Å². The van der Waals surface area contributed by atoms with Crippen LogP contribution < -0.4 is 0 Å². The third kappa shape index (κ3) is 2.55. The molecule has 0 fully saturated rings. The van der Waals surface area contributed by atoms with Crippen LogP contribution in [0.3, 0.4) is 0 Å². The zero-order valence-electron chi connectivity index (χ0n) is 10.8. The number of carbonyl (C=O) groups is 1. The Morgan fingerprint density at radius 2 is 2.05 bits per heavy atom. The second-order valence-corrected chi connectivity index (χ2v) is 5.56. The molecule has 0 spiro atoms. The van der Waals surface area contributed by atoms with Crippen molar-refractivity contribution in [1.29, 1.82) is 0 Å². The molecule has 5 nitrogen and oxygen atoms in total. The van der Waals surface area contributed by atoms with Crippen molar-refractivity contribution in [2.45, 2.75) is 17.3 Å². The molecule has 0 saturated carbocycles. The van der Waals surface area contributed by atoms with Crippen LogP contribution in [0.15, 0.2) is 53.9 Å². The number of Topliss-reactive ketones (excluding diaryl/α,β-unsaturated/α-hetero) is 1. The molecule has 0 radical (unpaired) electrons. The lowest BCUT2D eigenvalue weighted by molar-refractivity contribution is 0.0994. The van der Waals surface area contributed by atoms with E-state index in [0.717, 1.165) is 0 Å². The smallest absolute Gasteiger partial charge is 0.253 e. The van der Waals surface area contributed by atoms with E-state index in [4.69, 9.17) is 0 Å². The number of fused-ring (bicyclic) bond motifs is 1. The van der Waals surface area contributed by atoms with E-state index in [9.17, 15) is 4.79 Å². The zero-order chi connectivity index (χ0) is 13.9. The summed E-state index contributed by atoms with van der Waals surface area (Å²) in [5, 5.41) is 4.60. The van der Waals surface area contributed by atoms with Crippen LogP contribution in [0.25, 0.3) is 5.78 Å². The van der Waals surface area contributed by atoms with Crippen LogP contribution in [0.5, 0.6) is 0 Å². The molecule has 1 aromatic carbocycles. The molecule has 3 aromatic rings. The number of ketones is 1. The maximum Gasteiger partial charge on any atom is 0.253 e. The lowest BCUT2D eigenvalue weighted by atomic mass is 10.1. The van der Waals surface area contributed by atoms with Crippen molar-refractivity contribution in [2.24, 2.45) is 0 Å². The lowest BCUT2D eigenvalue weighted by Crippen LogP contribution is -2.13. The van der Waals surface area contributed by atoms with Gasteiger partial charge in [-0.05, 0) is 13.0 Å². The largest absolute Gasteiger partial charge is 0.293 e. The molecule has 0 N–H and O–H groups in total. The molecule has 0 aliphatic carbocycles. The second-order valence-electron chi connectivity index (χ2n) is 4.25. The molecule has 0 amide bonds. The van der Waals surface area contributed by atoms with Gasteiger partial charge in [0.15, 0.2) is 5.78 Å². The van der Waals surface area contributed by atoms with Gasteiger partial charge in [-0.15, -0.1) is 5.10 Å². The average molecular weight is 284 g/mol. The van der Waals surface area contributed by atoms with E-state index >= 15 is 0 Å². The number of nitrogens with zero attached hydrogens (tertiary/aromatic N) is 4. The summed E-state index contributed by atoms with van der Waals surface area (Å²) in [5.41, 5.74) is 0.703. The van der Waals surface area contributed by atoms with Gasteiger partial charge in [-0.25, -0.2) is 9.50 Å². The van der Waals surface area contributed by atoms with E-state index in [1.165, 1.54) is 11.8 Å². The van der Waals surface area contributed by atoms with Gasteiger partial charge in [-0.1, -0.05) is 42.1 Å². The predicted octanol–water partition coefficient (Wildman–Crippen LogP) is 2.49. The first-order valence-corrected chi connectivity index (χ1v) is 7.05. The first kappa shape index (κ1) is 12.8. The number of thioether (sulfide) groups is 1. The predicted molar refractivity (Wildman–Crippen MR) is 76.9 cm³/mol. The third-order valence-electron chi connectivity index (χ3n) is 2.81. The Morgan fingerprint density at radius 1 is 1.25 bits per heavy atom. The summed E-state index contributed by atoms with van der Waals surface area (Å²) in [7, 11) is 0. The Kier molecular flexibility index (Phi) is 3.47. The highest BCUT2D eigenvalue weighted by Gasteiger charge is 2.18. The molecule has 6 heteroatoms. The zero-order valence-corrected chi connectivity index (χ0v) is 11.6. The molecule has 0 bridgehead atoms. The highest BCUT2D eigenvalue weighted by molar-refractivity contribution is 8.00. The van der Waals surface area contributed by atoms with E-state index in [2.05, 4.69) is 15.1 Å². The van der Waals surface area contributed by atoms with Crippen LogP contribution in [-0.2, 0) is 0 Å². The Morgan fingerprint density at radius 3 is 2.80 bits per heavy atom. The number of rotatable bonds is 4. The van der Waals surface area contributed by atoms with Crippen molar-refractivity contribution < 1.29 is 4.79 Å². The molecule has 3 rings (SSSR count). The molecule has 0 aliphatic heterocycles. The molecule has 2 heterocycles. The van der Waals surface area contributed by atoms with Gasteiger partial charge in [0, 0.05) is 18.0 Å². The van der Waals surface area contributed by atoms with Gasteiger partial charge in [0.1, 0.15) is 0 Å². The molecular formula is C14H12N4OS. The quantitative estimate of drug-likeness (QED) is 0.544. The lowest BCUT2D eigenvalue weighted by Gasteiger charge is -2.07. The Hall–Kier alpha value is -2.21. The van der Waals surface area contributed by atoms with Crippen molar-refractivity contribution in [3.05, 3.63) is 54.4 Å². The summed E-state index contributed by atoms with van der Waals surface area (Å²) in [6.45, 7) is 1.86. The highest BCUT2D eigenvalue weighted by atomic mass is 32.2. The van der Waals surface area contributed by atoms with Gasteiger partial charge in [-0.3, -0.25) is 4.79 Å². The van der Waals surface area contributed by atoms with Crippen LogP contribution in [0.4, 0.5) is 0 Å². The van der Waals surface area contributed by atoms with Crippen LogP contribution >= 0.6 is 11.8 Å². The molecule has 0 saturated heterocycles. The average Bonchev–Trinajstić information content (AvgIpc) is 2.89. The molecular weight excluding hydrogens is 272 g/mol. The minimum absolute atomic E-state index is 0.0717. The number of hydrogen-bond acceptors (Lipinski definition) is 5. The van der Waals surface area contributed by atoms with E-state index < -0.39 is 0 Å². The first-order valence-electron chi connectivity index (χ1n) is 6.17. The van der Waals surface area contributed by atoms with Crippen LogP contribution in [-0.4, -0.2) is 30.6 Å². The normalized spacial score (nSPS) is 12.4. The molecule has 100 valence electrons. The minimum Gasteiger partial charge on any atom is -0.293 e. The number of hydrogen-bond donors (Lipinski definition) is 0. The maximum atomic E-state index is 12.3. The van der Waals surface area contributed by atoms with Crippen molar-refractivity contribution >= 4 is 23.3 Å². The Labute approximate surface area is 120 Å². The monoisotopic (exact) mass is 284 g/mol. The summed E-state index contributed by atoms with van der Waals surface area (Å²) >= 11 is 1.34. The first-order chi connectivity index (χ1) is 9.74. The standard InChI is InChI=1S/C14H12N4OS/c1-10(12(19)11-6-3-2-4-7-11)20-14-16-13-15-8-5-9-18(13)17-14/h2-10H,1H3/t10-/m0/s1. The van der Waals surface area contributed by atoms with Gasteiger partial charge in [0.05, 0.1) is 5.25 Å². The minimum atomic E-state index is -0.241. The molecule has 1 atom stereocenters. The Balaban J connectivity index is 1.78. The van der Waals surface area contributed by atoms with Crippen molar-refractivity contribution in [2.75, 3.05) is 0 Å². The fourth-order valence-electron chi connectivity index (χ4n) is 1.81. The van der Waals surface area contributed by atoms with Crippen LogP contribution in [0.2, 0.25) is 0 Å². The van der Waals surface area contributed by atoms with E-state index in [1.54, 1.807) is 23.0 Å². The summed E-state index contributed by atoms with van der Waals surface area (Å²) in [4.78, 5) is 20.6. The highest BCUT2D eigenvalue weighted by Crippen LogP contribution is 2.22. The third-order valence-corrected chi connectivity index (χ3v) is 3.76. The summed E-state index contributed by atoms with van der Waals surface area (Å²) in [5.74, 6) is 0.608. The SMILES string of the molecule is C[C@H](Sc1nc2ncccn2n1)C(=O)c1ccccc1. The number of carbonyl (C=O) groups excluding carboxylic acids is 1. The van der Waals surface area contributed by atoms with E-state index in [0.29, 0.717) is 16.5 Å². The topological polar surface area (TPSA) is 60.1 Å². The fourth-order valence-corrected chi connectivity index (χ4v) is 2.64. The van der Waals surface area contributed by atoms with Gasteiger partial charge in [-0.2, -0.15) is 4.98 Å². The number of benzene rings is 1. The number of aromatic nitrogens is 4. The van der Waals surface area contributed by atoms with Gasteiger partial charge >= 0.3 is 0 Å². The molecule has 20 heavy (non-hydrogen) atoms. The fraction of sp³-hybridized carbons (Fsp3) is 0.143. The second kappa shape index (κ2) is 5.42.